The molecule has 0 aliphatic heterocycles. The molecule has 104 valence electrons. The van der Waals surface area contributed by atoms with Crippen molar-refractivity contribution < 1.29 is 14.7 Å². The highest BCUT2D eigenvalue weighted by Gasteiger charge is 2.16. The average Bonchev–Trinajstić information content (AvgIpc) is 2.26. The van der Waals surface area contributed by atoms with Crippen LogP contribution in [0.1, 0.15) is 29.8 Å². The van der Waals surface area contributed by atoms with Crippen LogP contribution in [-0.4, -0.2) is 35.1 Å². The van der Waals surface area contributed by atoms with Crippen LogP contribution in [0.4, 0.5) is 5.82 Å². The zero-order chi connectivity index (χ0) is 14.6. The standard InChI is InChI=1S/C13H19N3O3/c1-8(2)6-16(7-11(14)17)12-9(3)4-10(5-15-12)13(18)19/h4-5,8H,6-7H2,1-3H3,(H2,14,17)(H,18,19). The van der Waals surface area contributed by atoms with E-state index < -0.39 is 11.9 Å². The van der Waals surface area contributed by atoms with Crippen LogP contribution >= 0.6 is 0 Å². The Morgan fingerprint density at radius 3 is 2.53 bits per heavy atom. The molecule has 3 N–H and O–H groups in total. The summed E-state index contributed by atoms with van der Waals surface area (Å²) in [5, 5.41) is 8.90. The fourth-order valence-electron chi connectivity index (χ4n) is 1.87. The summed E-state index contributed by atoms with van der Waals surface area (Å²) in [4.78, 5) is 27.9. The normalized spacial score (nSPS) is 10.5. The van der Waals surface area contributed by atoms with E-state index in [9.17, 15) is 9.59 Å². The summed E-state index contributed by atoms with van der Waals surface area (Å²) in [5.74, 6) is -0.533. The number of hydrogen-bond donors (Lipinski definition) is 2. The van der Waals surface area contributed by atoms with E-state index in [1.807, 2.05) is 13.8 Å². The minimum atomic E-state index is -1.02. The fourth-order valence-corrected chi connectivity index (χ4v) is 1.87. The molecular formula is C13H19N3O3. The number of carboxylic acids is 1. The van der Waals surface area contributed by atoms with Crippen LogP contribution in [0.3, 0.4) is 0 Å². The first kappa shape index (κ1) is 14.9. The molecule has 0 aliphatic carbocycles. The Morgan fingerprint density at radius 1 is 1.47 bits per heavy atom. The van der Waals surface area contributed by atoms with Gasteiger partial charge in [0, 0.05) is 12.7 Å². The molecule has 0 bridgehead atoms. The molecule has 1 rings (SSSR count). The molecule has 1 aromatic heterocycles. The summed E-state index contributed by atoms with van der Waals surface area (Å²) in [5.41, 5.74) is 6.07. The van der Waals surface area contributed by atoms with E-state index >= 15 is 0 Å². The third kappa shape index (κ3) is 4.24. The van der Waals surface area contributed by atoms with Gasteiger partial charge < -0.3 is 15.7 Å². The van der Waals surface area contributed by atoms with Gasteiger partial charge in [-0.15, -0.1) is 0 Å². The third-order valence-electron chi connectivity index (χ3n) is 2.53. The molecule has 0 aromatic carbocycles. The number of carboxylic acid groups (broad SMARTS) is 1. The van der Waals surface area contributed by atoms with Crippen molar-refractivity contribution in [2.45, 2.75) is 20.8 Å². The molecule has 6 heteroatoms. The number of aryl methyl sites for hydroxylation is 1. The van der Waals surface area contributed by atoms with E-state index in [2.05, 4.69) is 4.98 Å². The third-order valence-corrected chi connectivity index (χ3v) is 2.53. The fraction of sp³-hybridized carbons (Fsp3) is 0.462. The van der Waals surface area contributed by atoms with Gasteiger partial charge in [0.1, 0.15) is 5.82 Å². The Balaban J connectivity index is 3.07. The summed E-state index contributed by atoms with van der Waals surface area (Å²) in [6.45, 7) is 6.51. The van der Waals surface area contributed by atoms with E-state index in [0.29, 0.717) is 23.8 Å². The van der Waals surface area contributed by atoms with Gasteiger partial charge in [0.15, 0.2) is 0 Å². The molecule has 0 spiro atoms. The summed E-state index contributed by atoms with van der Waals surface area (Å²) in [6, 6.07) is 1.54. The van der Waals surface area contributed by atoms with Gasteiger partial charge in [-0.25, -0.2) is 9.78 Å². The predicted molar refractivity (Wildman–Crippen MR) is 72.2 cm³/mol. The monoisotopic (exact) mass is 265 g/mol. The number of aromatic carboxylic acids is 1. The van der Waals surface area contributed by atoms with Crippen LogP contribution < -0.4 is 10.6 Å². The van der Waals surface area contributed by atoms with Gasteiger partial charge in [0.2, 0.25) is 5.91 Å². The molecule has 0 atom stereocenters. The first-order valence-electron chi connectivity index (χ1n) is 6.04. The number of hydrogen-bond acceptors (Lipinski definition) is 4. The van der Waals surface area contributed by atoms with Crippen LogP contribution in [0.5, 0.6) is 0 Å². The van der Waals surface area contributed by atoms with Crippen molar-refractivity contribution >= 4 is 17.7 Å². The number of nitrogens with zero attached hydrogens (tertiary/aromatic N) is 2. The van der Waals surface area contributed by atoms with E-state index in [0.717, 1.165) is 0 Å². The van der Waals surface area contributed by atoms with E-state index in [-0.39, 0.29) is 12.1 Å². The molecule has 0 unspecified atom stereocenters. The zero-order valence-electron chi connectivity index (χ0n) is 11.4. The highest BCUT2D eigenvalue weighted by Crippen LogP contribution is 2.19. The highest BCUT2D eigenvalue weighted by atomic mass is 16.4. The lowest BCUT2D eigenvalue weighted by Crippen LogP contribution is -2.37. The van der Waals surface area contributed by atoms with Crippen molar-refractivity contribution in [3.63, 3.8) is 0 Å². The van der Waals surface area contributed by atoms with Gasteiger partial charge in [0.05, 0.1) is 12.1 Å². The Labute approximate surface area is 112 Å². The van der Waals surface area contributed by atoms with Gasteiger partial charge in [-0.05, 0) is 24.5 Å². The van der Waals surface area contributed by atoms with Gasteiger partial charge in [-0.2, -0.15) is 0 Å². The number of anilines is 1. The topological polar surface area (TPSA) is 96.5 Å². The molecule has 6 nitrogen and oxygen atoms in total. The lowest BCUT2D eigenvalue weighted by molar-refractivity contribution is -0.116. The second kappa shape index (κ2) is 6.17. The van der Waals surface area contributed by atoms with Gasteiger partial charge in [-0.3, -0.25) is 4.79 Å². The molecule has 0 saturated heterocycles. The van der Waals surface area contributed by atoms with E-state index in [4.69, 9.17) is 10.8 Å². The number of primary amides is 1. The minimum absolute atomic E-state index is 0.0679. The minimum Gasteiger partial charge on any atom is -0.478 e. The molecule has 0 radical (unpaired) electrons. The van der Waals surface area contributed by atoms with Crippen LogP contribution in [0.2, 0.25) is 0 Å². The quantitative estimate of drug-likeness (QED) is 0.801. The van der Waals surface area contributed by atoms with E-state index in [1.165, 1.54) is 6.20 Å². The first-order chi connectivity index (χ1) is 8.81. The van der Waals surface area contributed by atoms with Gasteiger partial charge in [0.25, 0.3) is 0 Å². The van der Waals surface area contributed by atoms with Crippen LogP contribution in [0, 0.1) is 12.8 Å². The van der Waals surface area contributed by atoms with Crippen molar-refractivity contribution in [2.24, 2.45) is 11.7 Å². The Morgan fingerprint density at radius 2 is 2.11 bits per heavy atom. The number of carbonyl (C=O) groups excluding carboxylic acids is 1. The molecule has 0 aliphatic rings. The summed E-state index contributed by atoms with van der Waals surface area (Å²) in [7, 11) is 0. The molecule has 0 fully saturated rings. The van der Waals surface area contributed by atoms with Gasteiger partial charge in [-0.1, -0.05) is 13.8 Å². The molecule has 19 heavy (non-hydrogen) atoms. The SMILES string of the molecule is Cc1cc(C(=O)O)cnc1N(CC(N)=O)CC(C)C. The molecule has 1 heterocycles. The molecule has 1 amide bonds. The van der Waals surface area contributed by atoms with Crippen LogP contribution in [0.15, 0.2) is 12.3 Å². The summed E-state index contributed by atoms with van der Waals surface area (Å²) in [6.07, 6.45) is 1.29. The average molecular weight is 265 g/mol. The maximum atomic E-state index is 11.1. The summed E-state index contributed by atoms with van der Waals surface area (Å²) < 4.78 is 0. The largest absolute Gasteiger partial charge is 0.478 e. The number of nitrogens with two attached hydrogens (primary N) is 1. The van der Waals surface area contributed by atoms with Crippen molar-refractivity contribution in [2.75, 3.05) is 18.0 Å². The molecule has 0 saturated carbocycles. The zero-order valence-corrected chi connectivity index (χ0v) is 11.4. The first-order valence-corrected chi connectivity index (χ1v) is 6.04. The molecule has 1 aromatic rings. The second-order valence-corrected chi connectivity index (χ2v) is 4.91. The Bertz CT molecular complexity index is 486. The van der Waals surface area contributed by atoms with Crippen LogP contribution in [-0.2, 0) is 4.79 Å². The van der Waals surface area contributed by atoms with Gasteiger partial charge >= 0.3 is 5.97 Å². The lowest BCUT2D eigenvalue weighted by Gasteiger charge is -2.25. The Hall–Kier alpha value is -2.11. The number of carbonyl (C=O) groups is 2. The maximum Gasteiger partial charge on any atom is 0.337 e. The van der Waals surface area contributed by atoms with Crippen molar-refractivity contribution in [1.82, 2.24) is 4.98 Å². The number of rotatable bonds is 6. The second-order valence-electron chi connectivity index (χ2n) is 4.91. The number of amides is 1. The van der Waals surface area contributed by atoms with Crippen molar-refractivity contribution in [1.29, 1.82) is 0 Å². The highest BCUT2D eigenvalue weighted by molar-refractivity contribution is 5.88. The number of pyridine rings is 1. The lowest BCUT2D eigenvalue weighted by atomic mass is 10.1. The van der Waals surface area contributed by atoms with Crippen molar-refractivity contribution in [3.05, 3.63) is 23.4 Å². The van der Waals surface area contributed by atoms with Crippen LogP contribution in [0.25, 0.3) is 0 Å². The maximum absolute atomic E-state index is 11.1. The van der Waals surface area contributed by atoms with E-state index in [1.54, 1.807) is 17.9 Å². The van der Waals surface area contributed by atoms with Crippen molar-refractivity contribution in [3.8, 4) is 0 Å². The predicted octanol–water partition coefficient (Wildman–Crippen LogP) is 1.04. The molecular weight excluding hydrogens is 246 g/mol. The number of aromatic nitrogens is 1. The smallest absolute Gasteiger partial charge is 0.337 e. The Kier molecular flexibility index (Phi) is 4.86. The summed E-state index contributed by atoms with van der Waals surface area (Å²) >= 11 is 0.